The smallest absolute Gasteiger partial charge is 0.123 e. The Bertz CT molecular complexity index is 1060. The Morgan fingerprint density at radius 3 is 2.43 bits per heavy atom. The van der Waals surface area contributed by atoms with Gasteiger partial charge in [-0.1, -0.05) is 76.6 Å². The van der Waals surface area contributed by atoms with Gasteiger partial charge in [0.15, 0.2) is 0 Å². The van der Waals surface area contributed by atoms with Crippen LogP contribution in [0.15, 0.2) is 72.8 Å². The molecule has 0 bridgehead atoms. The Morgan fingerprint density at radius 2 is 1.69 bits per heavy atom. The molecule has 3 nitrogen and oxygen atoms in total. The quantitative estimate of drug-likeness (QED) is 0.163. The van der Waals surface area contributed by atoms with Gasteiger partial charge < -0.3 is 14.8 Å². The molecule has 0 aliphatic heterocycles. The van der Waals surface area contributed by atoms with E-state index in [2.05, 4.69) is 110 Å². The standard InChI is InChI=1S/C31H40INO2/c1-23(2)16-17-29(31(3,4)26-12-9-13-27(32)21-26)24-11-8-14-28(20-24)35-19-18-33-22-25-10-6-7-15-30(25)34-5/h6-15,20-21,23,29,33H,16-19,22H2,1-5H3. The van der Waals surface area contributed by atoms with Gasteiger partial charge in [-0.25, -0.2) is 0 Å². The van der Waals surface area contributed by atoms with Crippen molar-refractivity contribution in [3.63, 3.8) is 0 Å². The highest BCUT2D eigenvalue weighted by atomic mass is 127. The number of hydrogen-bond donors (Lipinski definition) is 1. The molecule has 0 fully saturated rings. The molecule has 3 aromatic rings. The molecule has 1 atom stereocenters. The van der Waals surface area contributed by atoms with Gasteiger partial charge in [0.1, 0.15) is 18.1 Å². The van der Waals surface area contributed by atoms with Crippen LogP contribution in [0.25, 0.3) is 0 Å². The van der Waals surface area contributed by atoms with Crippen molar-refractivity contribution in [1.29, 1.82) is 0 Å². The van der Waals surface area contributed by atoms with E-state index < -0.39 is 0 Å². The molecule has 35 heavy (non-hydrogen) atoms. The maximum atomic E-state index is 6.16. The average molecular weight is 586 g/mol. The topological polar surface area (TPSA) is 30.5 Å². The molecule has 1 unspecified atom stereocenters. The summed E-state index contributed by atoms with van der Waals surface area (Å²) in [7, 11) is 1.71. The van der Waals surface area contributed by atoms with Gasteiger partial charge in [-0.15, -0.1) is 0 Å². The number of halogens is 1. The Balaban J connectivity index is 1.67. The van der Waals surface area contributed by atoms with Crippen LogP contribution in [0.3, 0.4) is 0 Å². The molecule has 3 aromatic carbocycles. The third kappa shape index (κ3) is 7.97. The third-order valence-corrected chi connectivity index (χ3v) is 7.46. The maximum Gasteiger partial charge on any atom is 0.123 e. The van der Waals surface area contributed by atoms with Crippen molar-refractivity contribution in [3.05, 3.63) is 93.1 Å². The van der Waals surface area contributed by atoms with Gasteiger partial charge in [-0.2, -0.15) is 0 Å². The number of ether oxygens (including phenoxy) is 2. The predicted molar refractivity (Wildman–Crippen MR) is 156 cm³/mol. The first-order valence-corrected chi connectivity index (χ1v) is 13.7. The zero-order chi connectivity index (χ0) is 25.3. The molecule has 188 valence electrons. The fourth-order valence-corrected chi connectivity index (χ4v) is 5.21. The SMILES string of the molecule is COc1ccccc1CNCCOc1cccc(C(CCC(C)C)C(C)(C)c2cccc(I)c2)c1. The van der Waals surface area contributed by atoms with Crippen molar-refractivity contribution in [2.75, 3.05) is 20.3 Å². The van der Waals surface area contributed by atoms with Crippen molar-refractivity contribution in [3.8, 4) is 11.5 Å². The normalized spacial score (nSPS) is 12.5. The van der Waals surface area contributed by atoms with Gasteiger partial charge in [-0.3, -0.25) is 0 Å². The summed E-state index contributed by atoms with van der Waals surface area (Å²) in [4.78, 5) is 0. The zero-order valence-electron chi connectivity index (χ0n) is 21.8. The summed E-state index contributed by atoms with van der Waals surface area (Å²) >= 11 is 2.42. The number of hydrogen-bond acceptors (Lipinski definition) is 3. The summed E-state index contributed by atoms with van der Waals surface area (Å²) in [5, 5.41) is 3.46. The lowest BCUT2D eigenvalue weighted by Crippen LogP contribution is -2.27. The molecule has 1 N–H and O–H groups in total. The van der Waals surface area contributed by atoms with Crippen LogP contribution < -0.4 is 14.8 Å². The number of methoxy groups -OCH3 is 1. The van der Waals surface area contributed by atoms with Crippen LogP contribution in [0.4, 0.5) is 0 Å². The highest BCUT2D eigenvalue weighted by Crippen LogP contribution is 2.43. The Morgan fingerprint density at radius 1 is 0.914 bits per heavy atom. The second-order valence-electron chi connectivity index (χ2n) is 10.2. The van der Waals surface area contributed by atoms with E-state index in [9.17, 15) is 0 Å². The van der Waals surface area contributed by atoms with Crippen molar-refractivity contribution in [2.24, 2.45) is 5.92 Å². The highest BCUT2D eigenvalue weighted by Gasteiger charge is 2.32. The number of rotatable bonds is 13. The lowest BCUT2D eigenvalue weighted by Gasteiger charge is -2.36. The van der Waals surface area contributed by atoms with Crippen molar-refractivity contribution in [2.45, 2.75) is 58.4 Å². The predicted octanol–water partition coefficient (Wildman–Crippen LogP) is 7.97. The van der Waals surface area contributed by atoms with Gasteiger partial charge in [0.25, 0.3) is 0 Å². The molecule has 0 amide bonds. The summed E-state index contributed by atoms with van der Waals surface area (Å²) in [5.74, 6) is 2.94. The van der Waals surface area contributed by atoms with E-state index in [0.717, 1.165) is 36.6 Å². The summed E-state index contributed by atoms with van der Waals surface area (Å²) in [6, 6.07) is 25.8. The molecule has 0 heterocycles. The van der Waals surface area contributed by atoms with Crippen LogP contribution >= 0.6 is 22.6 Å². The van der Waals surface area contributed by atoms with E-state index in [4.69, 9.17) is 9.47 Å². The minimum atomic E-state index is 0.0188. The molecule has 0 radical (unpaired) electrons. The molecule has 0 saturated heterocycles. The Kier molecular flexibility index (Phi) is 10.5. The molecule has 0 spiro atoms. The third-order valence-electron chi connectivity index (χ3n) is 6.79. The lowest BCUT2D eigenvalue weighted by atomic mass is 9.68. The van der Waals surface area contributed by atoms with E-state index in [-0.39, 0.29) is 5.41 Å². The van der Waals surface area contributed by atoms with Gasteiger partial charge in [0, 0.05) is 22.2 Å². The molecule has 0 aliphatic carbocycles. The summed E-state index contributed by atoms with van der Waals surface area (Å²) in [6.45, 7) is 11.6. The van der Waals surface area contributed by atoms with E-state index in [1.165, 1.54) is 21.1 Å². The second kappa shape index (κ2) is 13.3. The van der Waals surface area contributed by atoms with Crippen molar-refractivity contribution < 1.29 is 9.47 Å². The number of para-hydroxylation sites is 1. The maximum absolute atomic E-state index is 6.16. The van der Waals surface area contributed by atoms with Crippen LogP contribution in [0.2, 0.25) is 0 Å². The molecule has 0 saturated carbocycles. The van der Waals surface area contributed by atoms with Crippen LogP contribution in [0.1, 0.15) is 63.1 Å². The van der Waals surface area contributed by atoms with Crippen molar-refractivity contribution in [1.82, 2.24) is 5.32 Å². The fraction of sp³-hybridized carbons (Fsp3) is 0.419. The van der Waals surface area contributed by atoms with Gasteiger partial charge in [0.2, 0.25) is 0 Å². The van der Waals surface area contributed by atoms with E-state index in [1.807, 2.05) is 18.2 Å². The largest absolute Gasteiger partial charge is 0.496 e. The van der Waals surface area contributed by atoms with Crippen LogP contribution in [-0.2, 0) is 12.0 Å². The average Bonchev–Trinajstić information content (AvgIpc) is 2.84. The zero-order valence-corrected chi connectivity index (χ0v) is 24.0. The first-order chi connectivity index (χ1) is 16.8. The minimum absolute atomic E-state index is 0.0188. The highest BCUT2D eigenvalue weighted by molar-refractivity contribution is 14.1. The molecule has 3 rings (SSSR count). The second-order valence-corrected chi connectivity index (χ2v) is 11.4. The Hall–Kier alpha value is -2.05. The van der Waals surface area contributed by atoms with Crippen LogP contribution in [0, 0.1) is 9.49 Å². The molecule has 0 aliphatic rings. The summed E-state index contributed by atoms with van der Waals surface area (Å²) < 4.78 is 12.9. The summed E-state index contributed by atoms with van der Waals surface area (Å²) in [6.07, 6.45) is 2.36. The van der Waals surface area contributed by atoms with Gasteiger partial charge in [0.05, 0.1) is 7.11 Å². The van der Waals surface area contributed by atoms with E-state index >= 15 is 0 Å². The van der Waals surface area contributed by atoms with Crippen molar-refractivity contribution >= 4 is 22.6 Å². The van der Waals surface area contributed by atoms with E-state index in [1.54, 1.807) is 7.11 Å². The molecule has 4 heteroatoms. The number of nitrogens with one attached hydrogen (secondary N) is 1. The van der Waals surface area contributed by atoms with Crippen LogP contribution in [0.5, 0.6) is 11.5 Å². The lowest BCUT2D eigenvalue weighted by molar-refractivity contribution is 0.311. The fourth-order valence-electron chi connectivity index (χ4n) is 4.67. The molecule has 0 aromatic heterocycles. The monoisotopic (exact) mass is 585 g/mol. The Labute approximate surface area is 225 Å². The number of benzene rings is 3. The molecular weight excluding hydrogens is 545 g/mol. The minimum Gasteiger partial charge on any atom is -0.496 e. The first kappa shape index (κ1) is 27.5. The van der Waals surface area contributed by atoms with Gasteiger partial charge >= 0.3 is 0 Å². The molecular formula is C31H40INO2. The summed E-state index contributed by atoms with van der Waals surface area (Å²) in [5.41, 5.74) is 3.92. The first-order valence-electron chi connectivity index (χ1n) is 12.6. The van der Waals surface area contributed by atoms with Crippen LogP contribution in [-0.4, -0.2) is 20.3 Å². The van der Waals surface area contributed by atoms with Gasteiger partial charge in [-0.05, 0) is 87.7 Å². The van der Waals surface area contributed by atoms with E-state index in [0.29, 0.717) is 18.4 Å².